The molecule has 0 aliphatic rings. The minimum atomic E-state index is -0.557. The van der Waals surface area contributed by atoms with Crippen LogP contribution >= 0.6 is 0 Å². The van der Waals surface area contributed by atoms with E-state index in [0.29, 0.717) is 5.69 Å². The maximum atomic E-state index is 13.0. The van der Waals surface area contributed by atoms with Crippen molar-refractivity contribution in [2.75, 3.05) is 11.1 Å². The quantitative estimate of drug-likeness (QED) is 0.805. The lowest BCUT2D eigenvalue weighted by Crippen LogP contribution is -2.15. The molecule has 0 fully saturated rings. The molecule has 0 bridgehead atoms. The zero-order valence-electron chi connectivity index (χ0n) is 11.6. The number of nitrogen functional groups attached to an aromatic ring is 1. The molecule has 108 valence electrons. The Morgan fingerprint density at radius 1 is 1.52 bits per heavy atom. The van der Waals surface area contributed by atoms with Gasteiger partial charge in [-0.1, -0.05) is 13.8 Å². The largest absolute Gasteiger partial charge is 0.395 e. The van der Waals surface area contributed by atoms with Gasteiger partial charge in [0.15, 0.2) is 5.69 Å². The van der Waals surface area contributed by atoms with Crippen LogP contribution in [0.4, 0.5) is 15.8 Å². The number of aromatic nitrogens is 2. The smallest absolute Gasteiger partial charge is 0.278 e. The summed E-state index contributed by atoms with van der Waals surface area (Å²) in [7, 11) is 0. The van der Waals surface area contributed by atoms with E-state index in [0.717, 1.165) is 12.1 Å². The van der Waals surface area contributed by atoms with Crippen LogP contribution in [0.25, 0.3) is 0 Å². The summed E-state index contributed by atoms with van der Waals surface area (Å²) in [5, 5.41) is 18.1. The Kier molecular flexibility index (Phi) is 3.89. The Bertz CT molecular complexity index is 729. The third kappa shape index (κ3) is 2.84. The standard InChI is InChI=1S/C14H14FN5O/c1-7(2)12-11(17)13(20-19-12)14(21)18-10-4-3-9(15)5-8(10)6-16/h3-5,7H,17H2,1-2H3,(H,18,21)(H,19,20). The van der Waals surface area contributed by atoms with Gasteiger partial charge in [0, 0.05) is 0 Å². The van der Waals surface area contributed by atoms with Gasteiger partial charge < -0.3 is 11.1 Å². The average molecular weight is 287 g/mol. The van der Waals surface area contributed by atoms with Crippen LogP contribution in [0.1, 0.15) is 41.5 Å². The average Bonchev–Trinajstić information content (AvgIpc) is 2.82. The molecule has 0 saturated carbocycles. The van der Waals surface area contributed by atoms with Crippen LogP contribution in [-0.4, -0.2) is 16.1 Å². The molecule has 1 heterocycles. The first-order valence-electron chi connectivity index (χ1n) is 6.28. The van der Waals surface area contributed by atoms with Gasteiger partial charge in [-0.25, -0.2) is 4.39 Å². The summed E-state index contributed by atoms with van der Waals surface area (Å²) in [6.45, 7) is 3.83. The second-order valence-electron chi connectivity index (χ2n) is 4.81. The third-order valence-corrected chi connectivity index (χ3v) is 2.98. The van der Waals surface area contributed by atoms with Gasteiger partial charge in [-0.15, -0.1) is 0 Å². The number of anilines is 2. The van der Waals surface area contributed by atoms with Crippen LogP contribution in [0.2, 0.25) is 0 Å². The van der Waals surface area contributed by atoms with Crippen LogP contribution in [0, 0.1) is 17.1 Å². The molecule has 0 atom stereocenters. The summed E-state index contributed by atoms with van der Waals surface area (Å²) in [5.74, 6) is -1.01. The van der Waals surface area contributed by atoms with Gasteiger partial charge in [0.1, 0.15) is 11.9 Å². The molecule has 4 N–H and O–H groups in total. The molecule has 0 saturated heterocycles. The van der Waals surface area contributed by atoms with Crippen molar-refractivity contribution in [3.8, 4) is 6.07 Å². The fourth-order valence-corrected chi connectivity index (χ4v) is 1.88. The van der Waals surface area contributed by atoms with E-state index >= 15 is 0 Å². The van der Waals surface area contributed by atoms with Crippen LogP contribution in [0.15, 0.2) is 18.2 Å². The lowest BCUT2D eigenvalue weighted by Gasteiger charge is -2.06. The number of hydrogen-bond donors (Lipinski definition) is 3. The summed E-state index contributed by atoms with van der Waals surface area (Å²) in [6, 6.07) is 5.34. The molecule has 0 aliphatic carbocycles. The lowest BCUT2D eigenvalue weighted by atomic mass is 10.1. The van der Waals surface area contributed by atoms with E-state index in [9.17, 15) is 9.18 Å². The van der Waals surface area contributed by atoms with Gasteiger partial charge in [-0.05, 0) is 24.1 Å². The Morgan fingerprint density at radius 3 is 2.81 bits per heavy atom. The summed E-state index contributed by atoms with van der Waals surface area (Å²) in [4.78, 5) is 12.1. The fourth-order valence-electron chi connectivity index (χ4n) is 1.88. The Morgan fingerprint density at radius 2 is 2.24 bits per heavy atom. The minimum absolute atomic E-state index is 0.0292. The van der Waals surface area contributed by atoms with E-state index in [-0.39, 0.29) is 28.6 Å². The Hall–Kier alpha value is -2.88. The second-order valence-corrected chi connectivity index (χ2v) is 4.81. The number of carbonyl (C=O) groups excluding carboxylic acids is 1. The molecule has 0 aliphatic heterocycles. The predicted molar refractivity (Wildman–Crippen MR) is 76.2 cm³/mol. The molecule has 1 amide bonds. The second kappa shape index (κ2) is 5.63. The Balaban J connectivity index is 2.29. The number of amides is 1. The highest BCUT2D eigenvalue weighted by Gasteiger charge is 2.19. The van der Waals surface area contributed by atoms with E-state index in [1.54, 1.807) is 0 Å². The maximum Gasteiger partial charge on any atom is 0.278 e. The van der Waals surface area contributed by atoms with Crippen molar-refractivity contribution in [2.45, 2.75) is 19.8 Å². The molecule has 0 radical (unpaired) electrons. The van der Waals surface area contributed by atoms with Crippen molar-refractivity contribution in [1.29, 1.82) is 5.26 Å². The first-order valence-corrected chi connectivity index (χ1v) is 6.28. The van der Waals surface area contributed by atoms with Gasteiger partial charge in [0.05, 0.1) is 22.6 Å². The first kappa shape index (κ1) is 14.5. The van der Waals surface area contributed by atoms with Gasteiger partial charge in [0.2, 0.25) is 0 Å². The third-order valence-electron chi connectivity index (χ3n) is 2.98. The molecule has 21 heavy (non-hydrogen) atoms. The molecular formula is C14H14FN5O. The molecule has 1 aromatic carbocycles. The van der Waals surface area contributed by atoms with Crippen molar-refractivity contribution >= 4 is 17.3 Å². The first-order chi connectivity index (χ1) is 9.93. The number of nitrogens with one attached hydrogen (secondary N) is 2. The van der Waals surface area contributed by atoms with Crippen molar-refractivity contribution in [1.82, 2.24) is 10.2 Å². The number of halogens is 1. The monoisotopic (exact) mass is 287 g/mol. The number of nitrogens with zero attached hydrogens (tertiary/aromatic N) is 2. The molecule has 0 spiro atoms. The number of carbonyl (C=O) groups is 1. The summed E-state index contributed by atoms with van der Waals surface area (Å²) >= 11 is 0. The highest BCUT2D eigenvalue weighted by Crippen LogP contribution is 2.23. The zero-order valence-corrected chi connectivity index (χ0v) is 11.6. The molecule has 7 heteroatoms. The van der Waals surface area contributed by atoms with Crippen molar-refractivity contribution < 1.29 is 9.18 Å². The molecule has 2 rings (SSSR count). The molecular weight excluding hydrogens is 273 g/mol. The highest BCUT2D eigenvalue weighted by atomic mass is 19.1. The van der Waals surface area contributed by atoms with E-state index in [1.165, 1.54) is 6.07 Å². The number of aromatic amines is 1. The predicted octanol–water partition coefficient (Wildman–Crippen LogP) is 2.38. The van der Waals surface area contributed by atoms with Crippen molar-refractivity contribution in [2.24, 2.45) is 0 Å². The number of hydrogen-bond acceptors (Lipinski definition) is 4. The highest BCUT2D eigenvalue weighted by molar-refractivity contribution is 6.07. The fraction of sp³-hybridized carbons (Fsp3) is 0.214. The van der Waals surface area contributed by atoms with Crippen LogP contribution in [0.3, 0.4) is 0 Å². The Labute approximate surface area is 120 Å². The minimum Gasteiger partial charge on any atom is -0.395 e. The molecule has 0 unspecified atom stereocenters. The number of nitriles is 1. The summed E-state index contributed by atoms with van der Waals surface area (Å²) in [5.41, 5.74) is 7.09. The normalized spacial score (nSPS) is 10.4. The van der Waals surface area contributed by atoms with Gasteiger partial charge in [-0.3, -0.25) is 9.89 Å². The zero-order chi connectivity index (χ0) is 15.6. The van der Waals surface area contributed by atoms with Crippen LogP contribution in [0.5, 0.6) is 0 Å². The summed E-state index contributed by atoms with van der Waals surface area (Å²) < 4.78 is 13.0. The maximum absolute atomic E-state index is 13.0. The van der Waals surface area contributed by atoms with E-state index in [1.807, 2.05) is 19.9 Å². The molecule has 6 nitrogen and oxygen atoms in total. The number of H-pyrrole nitrogens is 1. The lowest BCUT2D eigenvalue weighted by molar-refractivity contribution is 0.102. The van der Waals surface area contributed by atoms with Gasteiger partial charge >= 0.3 is 0 Å². The van der Waals surface area contributed by atoms with Crippen LogP contribution in [-0.2, 0) is 0 Å². The molecule has 1 aromatic heterocycles. The molecule has 2 aromatic rings. The topological polar surface area (TPSA) is 108 Å². The van der Waals surface area contributed by atoms with Crippen molar-refractivity contribution in [3.63, 3.8) is 0 Å². The van der Waals surface area contributed by atoms with E-state index in [2.05, 4.69) is 15.5 Å². The number of benzene rings is 1. The van der Waals surface area contributed by atoms with E-state index < -0.39 is 11.7 Å². The van der Waals surface area contributed by atoms with E-state index in [4.69, 9.17) is 11.0 Å². The SMILES string of the molecule is CC(C)c1[nH]nc(C(=O)Nc2ccc(F)cc2C#N)c1N. The van der Waals surface area contributed by atoms with Gasteiger partial charge in [-0.2, -0.15) is 10.4 Å². The summed E-state index contributed by atoms with van der Waals surface area (Å²) in [6.07, 6.45) is 0. The van der Waals surface area contributed by atoms with Crippen molar-refractivity contribution in [3.05, 3.63) is 41.0 Å². The van der Waals surface area contributed by atoms with Gasteiger partial charge in [0.25, 0.3) is 5.91 Å². The number of nitrogens with two attached hydrogens (primary N) is 1. The number of rotatable bonds is 3. The van der Waals surface area contributed by atoms with Crippen LogP contribution < -0.4 is 11.1 Å².